The number of rotatable bonds is 6. The highest BCUT2D eigenvalue weighted by molar-refractivity contribution is 6.01. The quantitative estimate of drug-likeness (QED) is 0.397. The molecule has 2 aliphatic carbocycles. The Morgan fingerprint density at radius 2 is 1.84 bits per heavy atom. The molecule has 1 saturated heterocycles. The molecule has 0 N–H and O–H groups in total. The highest BCUT2D eigenvalue weighted by atomic mass is 16.6. The average molecular weight is 521 g/mol. The van der Waals surface area contributed by atoms with Crippen molar-refractivity contribution in [3.05, 3.63) is 71.9 Å². The zero-order valence-electron chi connectivity index (χ0n) is 21.8. The van der Waals surface area contributed by atoms with Crippen molar-refractivity contribution in [2.75, 3.05) is 7.11 Å². The molecular weight excluding hydrogens is 488 g/mol. The molecule has 6 atom stereocenters. The Balaban J connectivity index is 1.48. The van der Waals surface area contributed by atoms with Gasteiger partial charge in [-0.15, -0.1) is 0 Å². The van der Waals surface area contributed by atoms with Gasteiger partial charge in [-0.2, -0.15) is 0 Å². The van der Waals surface area contributed by atoms with Gasteiger partial charge in [0.25, 0.3) is 0 Å². The number of fused-ring (bicyclic) bond motifs is 3. The van der Waals surface area contributed by atoms with Gasteiger partial charge in [-0.1, -0.05) is 44.2 Å². The zero-order chi connectivity index (χ0) is 27.1. The molecule has 0 spiro atoms. The predicted molar refractivity (Wildman–Crippen MR) is 134 cm³/mol. The minimum Gasteiger partial charge on any atom is -0.472 e. The van der Waals surface area contributed by atoms with Gasteiger partial charge in [0.15, 0.2) is 5.76 Å². The third-order valence-electron chi connectivity index (χ3n) is 8.84. The first-order valence-electron chi connectivity index (χ1n) is 13.0. The molecule has 1 aliphatic heterocycles. The van der Waals surface area contributed by atoms with Crippen molar-refractivity contribution in [2.24, 2.45) is 28.6 Å². The molecule has 3 aliphatic rings. The molecule has 2 aromatic rings. The van der Waals surface area contributed by atoms with E-state index in [2.05, 4.69) is 0 Å². The normalized spacial score (nSPS) is 32.3. The van der Waals surface area contributed by atoms with Crippen LogP contribution in [0.25, 0.3) is 0 Å². The summed E-state index contributed by atoms with van der Waals surface area (Å²) in [5, 5.41) is 0. The zero-order valence-corrected chi connectivity index (χ0v) is 21.8. The number of ether oxygens (including phenoxy) is 3. The third-order valence-corrected chi connectivity index (χ3v) is 8.84. The molecule has 8 nitrogen and oxygen atoms in total. The number of methoxy groups -OCH3 is 1. The van der Waals surface area contributed by atoms with E-state index in [-0.39, 0.29) is 23.9 Å². The van der Waals surface area contributed by atoms with Gasteiger partial charge in [0.2, 0.25) is 5.78 Å². The minimum absolute atomic E-state index is 0.0776. The smallest absolute Gasteiger partial charge is 0.313 e. The fourth-order valence-electron chi connectivity index (χ4n) is 6.95. The predicted octanol–water partition coefficient (Wildman–Crippen LogP) is 4.74. The van der Waals surface area contributed by atoms with Crippen LogP contribution in [0.15, 0.2) is 65.2 Å². The van der Waals surface area contributed by atoms with Crippen molar-refractivity contribution in [3.8, 4) is 0 Å². The number of ketones is 1. The van der Waals surface area contributed by atoms with E-state index >= 15 is 0 Å². The van der Waals surface area contributed by atoms with Crippen LogP contribution in [0.2, 0.25) is 0 Å². The molecule has 1 aromatic heterocycles. The van der Waals surface area contributed by atoms with Gasteiger partial charge < -0.3 is 18.6 Å². The van der Waals surface area contributed by atoms with E-state index in [1.54, 1.807) is 6.07 Å². The van der Waals surface area contributed by atoms with Crippen molar-refractivity contribution in [3.63, 3.8) is 0 Å². The lowest BCUT2D eigenvalue weighted by Crippen LogP contribution is -2.61. The van der Waals surface area contributed by atoms with Crippen molar-refractivity contribution in [1.82, 2.24) is 0 Å². The minimum atomic E-state index is -0.844. The van der Waals surface area contributed by atoms with Gasteiger partial charge in [-0.25, -0.2) is 0 Å². The maximum absolute atomic E-state index is 14.1. The largest absolute Gasteiger partial charge is 0.472 e. The molecule has 0 bridgehead atoms. The number of esters is 3. The maximum atomic E-state index is 14.1. The molecule has 8 heteroatoms. The van der Waals surface area contributed by atoms with Crippen molar-refractivity contribution >= 4 is 23.7 Å². The van der Waals surface area contributed by atoms with Crippen molar-refractivity contribution in [2.45, 2.75) is 52.1 Å². The van der Waals surface area contributed by atoms with Gasteiger partial charge in [0.05, 0.1) is 31.5 Å². The first-order valence-corrected chi connectivity index (χ1v) is 13.0. The molecular formula is C30H32O8. The van der Waals surface area contributed by atoms with Gasteiger partial charge in [0, 0.05) is 17.9 Å². The fourth-order valence-corrected chi connectivity index (χ4v) is 6.95. The lowest BCUT2D eigenvalue weighted by molar-refractivity contribution is -0.198. The molecule has 1 saturated carbocycles. The Bertz CT molecular complexity index is 1260. The standard InChI is InChI=1S/C30H32O8/c1-29-13-11-20-28(34)38-23(19-12-14-36-17-19)16-30(20,2)26(29)25(32)22(15-21(29)27(33)35-3)37-24(31)10-9-18-7-5-4-6-8-18/h4-8,12,14-15,17,20-21,23,26H,9-11,13,16H2,1-3H3/t20-,21-,23-,26-,29-,30-/m0/s1. The monoisotopic (exact) mass is 520 g/mol. The summed E-state index contributed by atoms with van der Waals surface area (Å²) in [4.78, 5) is 53.2. The first kappa shape index (κ1) is 25.9. The Morgan fingerprint density at radius 1 is 1.08 bits per heavy atom. The maximum Gasteiger partial charge on any atom is 0.313 e. The van der Waals surface area contributed by atoms with E-state index in [9.17, 15) is 19.2 Å². The molecule has 5 rings (SSSR count). The number of cyclic esters (lactones) is 1. The number of furan rings is 1. The van der Waals surface area contributed by atoms with Gasteiger partial charge in [-0.3, -0.25) is 19.2 Å². The number of benzene rings is 1. The summed E-state index contributed by atoms with van der Waals surface area (Å²) in [6.45, 7) is 3.82. The molecule has 0 unspecified atom stereocenters. The summed E-state index contributed by atoms with van der Waals surface area (Å²) < 4.78 is 21.7. The summed E-state index contributed by atoms with van der Waals surface area (Å²) in [7, 11) is 1.30. The van der Waals surface area contributed by atoms with E-state index in [0.717, 1.165) is 5.56 Å². The average Bonchev–Trinajstić information content (AvgIpc) is 3.44. The Morgan fingerprint density at radius 3 is 2.53 bits per heavy atom. The van der Waals surface area contributed by atoms with Crippen LogP contribution >= 0.6 is 0 Å². The van der Waals surface area contributed by atoms with E-state index in [1.165, 1.54) is 25.7 Å². The third kappa shape index (κ3) is 4.36. The number of Topliss-reactive ketones (excluding diaryl/α,β-unsaturated/α-hetero) is 1. The van der Waals surface area contributed by atoms with Gasteiger partial charge in [-0.05, 0) is 54.2 Å². The second-order valence-electron chi connectivity index (χ2n) is 11.1. The number of aryl methyl sites for hydroxylation is 1. The van der Waals surface area contributed by atoms with E-state index in [4.69, 9.17) is 18.6 Å². The molecule has 2 fully saturated rings. The number of carbonyl (C=O) groups excluding carboxylic acids is 4. The summed E-state index contributed by atoms with van der Waals surface area (Å²) in [5.74, 6) is -4.05. The van der Waals surface area contributed by atoms with Crippen LogP contribution in [0, 0.1) is 28.6 Å². The van der Waals surface area contributed by atoms with Gasteiger partial charge >= 0.3 is 17.9 Å². The second kappa shape index (κ2) is 9.89. The molecule has 1 aromatic carbocycles. The van der Waals surface area contributed by atoms with Crippen LogP contribution < -0.4 is 0 Å². The fraction of sp³-hybridized carbons (Fsp3) is 0.467. The lowest BCUT2D eigenvalue weighted by Gasteiger charge is -2.59. The summed E-state index contributed by atoms with van der Waals surface area (Å²) >= 11 is 0. The topological polar surface area (TPSA) is 109 Å². The molecule has 2 heterocycles. The Hall–Kier alpha value is -3.68. The summed E-state index contributed by atoms with van der Waals surface area (Å²) in [5.41, 5.74) is 0.0144. The van der Waals surface area contributed by atoms with Crippen LogP contribution in [0.1, 0.15) is 56.8 Å². The molecule has 200 valence electrons. The van der Waals surface area contributed by atoms with E-state index in [0.29, 0.717) is 31.2 Å². The van der Waals surface area contributed by atoms with E-state index < -0.39 is 46.6 Å². The highest BCUT2D eigenvalue weighted by Crippen LogP contribution is 2.64. The van der Waals surface area contributed by atoms with E-state index in [1.807, 2.05) is 44.2 Å². The van der Waals surface area contributed by atoms with Gasteiger partial charge in [0.1, 0.15) is 6.10 Å². The second-order valence-corrected chi connectivity index (χ2v) is 11.1. The number of allylic oxidation sites excluding steroid dienone is 1. The highest BCUT2D eigenvalue weighted by Gasteiger charge is 2.66. The molecule has 0 radical (unpaired) electrons. The van der Waals surface area contributed by atoms with Crippen molar-refractivity contribution < 1.29 is 37.8 Å². The Labute approximate surface area is 221 Å². The van der Waals surface area contributed by atoms with Crippen LogP contribution in [0.3, 0.4) is 0 Å². The van der Waals surface area contributed by atoms with Crippen molar-refractivity contribution in [1.29, 1.82) is 0 Å². The first-order chi connectivity index (χ1) is 18.2. The number of hydrogen-bond acceptors (Lipinski definition) is 8. The van der Waals surface area contributed by atoms with Crippen LogP contribution in [0.4, 0.5) is 0 Å². The lowest BCUT2D eigenvalue weighted by atomic mass is 9.44. The SMILES string of the molecule is COC(=O)[C@@H]1C=C(OC(=O)CCc2ccccc2)C(=O)[C@H]2[C@@]1(C)CC[C@H]1C(=O)O[C@H](c3ccoc3)C[C@]21C. The molecule has 0 amide bonds. The number of carbonyl (C=O) groups is 4. The summed E-state index contributed by atoms with van der Waals surface area (Å²) in [6, 6.07) is 11.2. The van der Waals surface area contributed by atoms with Crippen LogP contribution in [0.5, 0.6) is 0 Å². The number of hydrogen-bond donors (Lipinski definition) is 0. The Kier molecular flexibility index (Phi) is 6.75. The summed E-state index contributed by atoms with van der Waals surface area (Å²) in [6.07, 6.45) is 5.73. The van der Waals surface area contributed by atoms with Crippen LogP contribution in [-0.4, -0.2) is 30.8 Å². The molecule has 38 heavy (non-hydrogen) atoms. The van der Waals surface area contributed by atoms with Crippen LogP contribution in [-0.2, 0) is 39.8 Å².